The number of benzene rings is 3. The highest BCUT2D eigenvalue weighted by Gasteiger charge is 2.16. The fourth-order valence-electron chi connectivity index (χ4n) is 4.96. The molecule has 0 unspecified atom stereocenters. The Hall–Kier alpha value is -3.39. The molecular weight excluding hydrogens is 390 g/mol. The lowest BCUT2D eigenvalue weighted by Crippen LogP contribution is -2.09. The predicted octanol–water partition coefficient (Wildman–Crippen LogP) is 8.44. The third-order valence-electron chi connectivity index (χ3n) is 6.62. The van der Waals surface area contributed by atoms with Gasteiger partial charge < -0.3 is 4.42 Å². The van der Waals surface area contributed by atoms with Crippen LogP contribution in [-0.4, -0.2) is 4.98 Å². The Kier molecular flexibility index (Phi) is 4.45. The molecule has 3 aromatic carbocycles. The van der Waals surface area contributed by atoms with Crippen LogP contribution in [0.4, 0.5) is 0 Å². The summed E-state index contributed by atoms with van der Waals surface area (Å²) in [5.74, 6) is 0.0647. The Bertz CT molecular complexity index is 1470. The average molecular weight is 420 g/mol. The van der Waals surface area contributed by atoms with Crippen molar-refractivity contribution in [3.63, 3.8) is 0 Å². The van der Waals surface area contributed by atoms with Gasteiger partial charge in [-0.1, -0.05) is 80.6 Å². The lowest BCUT2D eigenvalue weighted by atomic mass is 9.85. The Morgan fingerprint density at radius 1 is 0.812 bits per heavy atom. The van der Waals surface area contributed by atoms with Gasteiger partial charge in [-0.15, -0.1) is 0 Å². The van der Waals surface area contributed by atoms with Gasteiger partial charge in [0.1, 0.15) is 11.2 Å². The molecule has 158 valence electrons. The van der Waals surface area contributed by atoms with E-state index in [0.717, 1.165) is 70.0 Å². The van der Waals surface area contributed by atoms with Gasteiger partial charge in [0.15, 0.2) is 0 Å². The maximum Gasteiger partial charge on any atom is 0.144 e. The van der Waals surface area contributed by atoms with E-state index >= 15 is 0 Å². The number of pyridine rings is 1. The molecule has 2 heterocycles. The second-order valence-electron chi connectivity index (χ2n) is 8.77. The molecule has 0 N–H and O–H groups in total. The predicted molar refractivity (Wildman–Crippen MR) is 133 cm³/mol. The van der Waals surface area contributed by atoms with Crippen molar-refractivity contribution in [2.24, 2.45) is 5.92 Å². The molecule has 0 spiro atoms. The van der Waals surface area contributed by atoms with Gasteiger partial charge in [0.25, 0.3) is 0 Å². The van der Waals surface area contributed by atoms with E-state index in [1.807, 2.05) is 42.5 Å². The van der Waals surface area contributed by atoms with E-state index in [1.54, 1.807) is 6.20 Å². The van der Waals surface area contributed by atoms with Gasteiger partial charge in [0, 0.05) is 25.3 Å². The summed E-state index contributed by atoms with van der Waals surface area (Å²) in [5.41, 5.74) is 6.28. The number of para-hydroxylation sites is 1. The van der Waals surface area contributed by atoms with Gasteiger partial charge in [0.05, 0.1) is 5.69 Å². The second kappa shape index (κ2) is 8.27. The van der Waals surface area contributed by atoms with Crippen molar-refractivity contribution in [2.75, 3.05) is 0 Å². The molecule has 32 heavy (non-hydrogen) atoms. The minimum atomic E-state index is -1.36. The van der Waals surface area contributed by atoms with Crippen molar-refractivity contribution < 1.29 is 7.16 Å². The van der Waals surface area contributed by atoms with E-state index in [4.69, 9.17) is 7.16 Å². The third-order valence-corrected chi connectivity index (χ3v) is 6.62. The number of aromatic nitrogens is 1. The summed E-state index contributed by atoms with van der Waals surface area (Å²) in [6, 6.07) is 26.6. The van der Waals surface area contributed by atoms with Crippen molar-refractivity contribution in [3.05, 3.63) is 90.6 Å². The van der Waals surface area contributed by atoms with E-state index in [1.165, 1.54) is 6.42 Å². The zero-order valence-corrected chi connectivity index (χ0v) is 18.1. The third kappa shape index (κ3) is 3.60. The van der Waals surface area contributed by atoms with Gasteiger partial charge in [-0.05, 0) is 59.3 Å². The Balaban J connectivity index is 1.44. The summed E-state index contributed by atoms with van der Waals surface area (Å²) in [7, 11) is 0. The van der Waals surface area contributed by atoms with Crippen molar-refractivity contribution in [3.8, 4) is 22.4 Å². The molecule has 1 fully saturated rings. The number of furan rings is 1. The van der Waals surface area contributed by atoms with E-state index in [2.05, 4.69) is 41.4 Å². The van der Waals surface area contributed by atoms with Crippen LogP contribution >= 0.6 is 0 Å². The maximum absolute atomic E-state index is 8.89. The van der Waals surface area contributed by atoms with Crippen molar-refractivity contribution in [1.29, 1.82) is 0 Å². The van der Waals surface area contributed by atoms with Gasteiger partial charge in [-0.3, -0.25) is 4.98 Å². The fourth-order valence-corrected chi connectivity index (χ4v) is 4.96. The minimum absolute atomic E-state index is 0.0647. The van der Waals surface area contributed by atoms with Crippen molar-refractivity contribution >= 4 is 21.9 Å². The summed E-state index contributed by atoms with van der Waals surface area (Å²) < 4.78 is 24.2. The number of nitrogens with zero attached hydrogens (tertiary/aromatic N) is 1. The van der Waals surface area contributed by atoms with E-state index in [-0.39, 0.29) is 5.92 Å². The quantitative estimate of drug-likeness (QED) is 0.292. The largest absolute Gasteiger partial charge is 0.455 e. The summed E-state index contributed by atoms with van der Waals surface area (Å²) in [6.45, 7) is 0. The smallest absolute Gasteiger partial charge is 0.144 e. The lowest BCUT2D eigenvalue weighted by molar-refractivity contribution is 0.356. The zero-order valence-electron chi connectivity index (χ0n) is 20.1. The van der Waals surface area contributed by atoms with Crippen LogP contribution in [0.2, 0.25) is 0 Å². The highest BCUT2D eigenvalue weighted by molar-refractivity contribution is 6.10. The van der Waals surface area contributed by atoms with E-state index < -0.39 is 6.37 Å². The van der Waals surface area contributed by atoms with Crippen LogP contribution in [-0.2, 0) is 6.37 Å². The summed E-state index contributed by atoms with van der Waals surface area (Å²) in [4.78, 5) is 4.63. The first-order chi connectivity index (χ1) is 16.6. The van der Waals surface area contributed by atoms with Crippen LogP contribution in [0.3, 0.4) is 0 Å². The van der Waals surface area contributed by atoms with Crippen LogP contribution in [0.1, 0.15) is 40.4 Å². The number of hydrogen-bond donors (Lipinski definition) is 0. The van der Waals surface area contributed by atoms with Gasteiger partial charge in [-0.25, -0.2) is 0 Å². The summed E-state index contributed by atoms with van der Waals surface area (Å²) >= 11 is 0. The molecule has 0 atom stereocenters. The molecule has 0 amide bonds. The van der Waals surface area contributed by atoms with Gasteiger partial charge >= 0.3 is 0 Å². The zero-order chi connectivity index (χ0) is 23.1. The lowest BCUT2D eigenvalue weighted by Gasteiger charge is -2.21. The normalized spacial score (nSPS) is 16.2. The van der Waals surface area contributed by atoms with Gasteiger partial charge in [0.2, 0.25) is 0 Å². The van der Waals surface area contributed by atoms with Crippen LogP contribution in [0.25, 0.3) is 44.3 Å². The van der Waals surface area contributed by atoms with Crippen LogP contribution < -0.4 is 0 Å². The van der Waals surface area contributed by atoms with Gasteiger partial charge in [-0.2, -0.15) is 0 Å². The van der Waals surface area contributed by atoms with Crippen LogP contribution in [0.5, 0.6) is 0 Å². The second-order valence-corrected chi connectivity index (χ2v) is 8.77. The fraction of sp³-hybridized carbons (Fsp3) is 0.233. The standard InChI is InChI=1S/C30H27NO/c1-3-8-21(9-4-1)18-22-16-17-31-28(19-22)27-13-7-12-26-25-15-14-24(20-29(25)32-30(26)27)23-10-5-2-6-11-23/h2,5-7,10-17,19-21H,1,3-4,8-9,18H2/i18D2. The summed E-state index contributed by atoms with van der Waals surface area (Å²) in [5, 5.41) is 2.12. The SMILES string of the molecule is [2H]C([2H])(c1ccnc(-c2cccc3c2oc2cc(-c4ccccc4)ccc23)c1)C1CCCCC1. The maximum atomic E-state index is 8.89. The molecule has 0 aliphatic heterocycles. The molecule has 5 aromatic rings. The molecule has 2 nitrogen and oxygen atoms in total. The number of rotatable bonds is 4. The van der Waals surface area contributed by atoms with Crippen molar-refractivity contribution in [2.45, 2.75) is 38.5 Å². The molecule has 1 aliphatic rings. The molecule has 0 bridgehead atoms. The van der Waals surface area contributed by atoms with E-state index in [9.17, 15) is 0 Å². The Morgan fingerprint density at radius 3 is 2.56 bits per heavy atom. The molecule has 2 aromatic heterocycles. The number of fused-ring (bicyclic) bond motifs is 3. The minimum Gasteiger partial charge on any atom is -0.455 e. The average Bonchev–Trinajstić information content (AvgIpc) is 3.28. The monoisotopic (exact) mass is 419 g/mol. The summed E-state index contributed by atoms with van der Waals surface area (Å²) in [6.07, 6.45) is 5.73. The highest BCUT2D eigenvalue weighted by atomic mass is 16.3. The molecular formula is C30H27NO. The molecule has 0 saturated heterocycles. The topological polar surface area (TPSA) is 26.0 Å². The Morgan fingerprint density at radius 2 is 1.69 bits per heavy atom. The first-order valence-electron chi connectivity index (χ1n) is 12.6. The Labute approximate surface area is 191 Å². The molecule has 2 heteroatoms. The van der Waals surface area contributed by atoms with E-state index in [0.29, 0.717) is 5.56 Å². The number of hydrogen-bond acceptors (Lipinski definition) is 2. The van der Waals surface area contributed by atoms with Crippen molar-refractivity contribution in [1.82, 2.24) is 4.98 Å². The molecule has 1 saturated carbocycles. The van der Waals surface area contributed by atoms with Crippen LogP contribution in [0, 0.1) is 5.92 Å². The van der Waals surface area contributed by atoms with Crippen LogP contribution in [0.15, 0.2) is 89.5 Å². The molecule has 1 aliphatic carbocycles. The highest BCUT2D eigenvalue weighted by Crippen LogP contribution is 2.37. The first-order valence-corrected chi connectivity index (χ1v) is 11.6. The molecule has 0 radical (unpaired) electrons. The molecule has 6 rings (SSSR count). The first kappa shape index (κ1) is 17.2.